The summed E-state index contributed by atoms with van der Waals surface area (Å²) in [5.41, 5.74) is 18.3. The van der Waals surface area contributed by atoms with Gasteiger partial charge in [0.05, 0.1) is 68.4 Å². The van der Waals surface area contributed by atoms with E-state index in [2.05, 4.69) is 128 Å². The van der Waals surface area contributed by atoms with Gasteiger partial charge in [0, 0.05) is 13.2 Å². The van der Waals surface area contributed by atoms with Crippen molar-refractivity contribution < 1.29 is 17.9 Å². The van der Waals surface area contributed by atoms with Crippen LogP contribution < -0.4 is 0 Å². The molecule has 1 aliphatic heterocycles. The molecular formula is C57H70Cl2FeN6O. The zero-order valence-electron chi connectivity index (χ0n) is 40.7. The molecule has 0 N–H and O–H groups in total. The van der Waals surface area contributed by atoms with Crippen molar-refractivity contribution in [3.05, 3.63) is 177 Å². The van der Waals surface area contributed by atoms with E-state index >= 15 is 0 Å². The topological polar surface area (TPSA) is 84.5 Å². The average molecular weight is 982 g/mol. The zero-order chi connectivity index (χ0) is 48.2. The molecule has 0 unspecified atom stereocenters. The van der Waals surface area contributed by atoms with Crippen molar-refractivity contribution in [1.29, 1.82) is 0 Å². The first-order valence-corrected chi connectivity index (χ1v) is 25.6. The Bertz CT molecular complexity index is 2410. The minimum atomic E-state index is 0. The van der Waals surface area contributed by atoms with E-state index < -0.39 is 0 Å². The summed E-state index contributed by atoms with van der Waals surface area (Å²) in [4.78, 5) is 29.2. The predicted molar refractivity (Wildman–Crippen MR) is 287 cm³/mol. The van der Waals surface area contributed by atoms with Crippen LogP contribution in [0.4, 0.5) is 22.7 Å². The van der Waals surface area contributed by atoms with E-state index in [1.165, 1.54) is 46.2 Å². The Kier molecular flexibility index (Phi) is 24.3. The number of halogens is 2. The molecule has 7 rings (SSSR count). The van der Waals surface area contributed by atoms with Gasteiger partial charge < -0.3 is 4.74 Å². The SMILES string of the molecule is C.C1CCOC1.CC(=Nc1ccccc1C(C)C)c1cccc(C(C)=Nc2c(C)cccc2C)n1.CC(=Nc1ccccc1C(C)C)c1cccc(C(C)=Nc2c(C)cccc2C)n1.[Cl][Fe][Cl]. The normalized spacial score (nSPS) is 13.0. The van der Waals surface area contributed by atoms with Crippen molar-refractivity contribution in [2.45, 2.75) is 115 Å². The number of nitrogens with zero attached hydrogens (tertiary/aromatic N) is 6. The molecule has 10 heteroatoms. The van der Waals surface area contributed by atoms with Gasteiger partial charge in [-0.2, -0.15) is 0 Å². The fourth-order valence-corrected chi connectivity index (χ4v) is 7.23. The van der Waals surface area contributed by atoms with Gasteiger partial charge in [-0.3, -0.25) is 20.0 Å². The molecule has 356 valence electrons. The van der Waals surface area contributed by atoms with Crippen molar-refractivity contribution >= 4 is 65.8 Å². The van der Waals surface area contributed by atoms with Crippen LogP contribution in [0, 0.1) is 27.7 Å². The number of aliphatic imine (C=N–C) groups is 4. The fourth-order valence-electron chi connectivity index (χ4n) is 7.23. The summed E-state index contributed by atoms with van der Waals surface area (Å²) >= 11 is 0.194. The van der Waals surface area contributed by atoms with Crippen LogP contribution in [0.2, 0.25) is 0 Å². The molecule has 1 saturated heterocycles. The molecule has 0 aliphatic carbocycles. The summed E-state index contributed by atoms with van der Waals surface area (Å²) in [6.07, 6.45) is 2.56. The number of aromatic nitrogens is 2. The molecule has 1 aliphatic rings. The molecule has 7 nitrogen and oxygen atoms in total. The van der Waals surface area contributed by atoms with E-state index in [-0.39, 0.29) is 20.6 Å². The summed E-state index contributed by atoms with van der Waals surface area (Å²) < 4.78 is 4.94. The van der Waals surface area contributed by atoms with Crippen LogP contribution >= 0.6 is 20.2 Å². The van der Waals surface area contributed by atoms with Gasteiger partial charge in [0.15, 0.2) is 0 Å². The van der Waals surface area contributed by atoms with Crippen molar-refractivity contribution in [2.75, 3.05) is 13.2 Å². The number of para-hydroxylation sites is 4. The summed E-state index contributed by atoms with van der Waals surface area (Å²) in [5, 5.41) is 0. The number of hydrogen-bond acceptors (Lipinski definition) is 7. The van der Waals surface area contributed by atoms with Gasteiger partial charge >= 0.3 is 33.3 Å². The van der Waals surface area contributed by atoms with E-state index in [0.29, 0.717) is 11.8 Å². The molecule has 3 heterocycles. The molecule has 4 aromatic carbocycles. The van der Waals surface area contributed by atoms with Gasteiger partial charge in [0.25, 0.3) is 0 Å². The van der Waals surface area contributed by atoms with Crippen LogP contribution in [0.3, 0.4) is 0 Å². The summed E-state index contributed by atoms with van der Waals surface area (Å²) in [6, 6.07) is 41.2. The van der Waals surface area contributed by atoms with Gasteiger partial charge in [-0.25, -0.2) is 9.97 Å². The van der Waals surface area contributed by atoms with E-state index in [0.717, 1.165) is 81.6 Å². The Hall–Kier alpha value is -5.08. The van der Waals surface area contributed by atoms with Gasteiger partial charge in [0.2, 0.25) is 0 Å². The molecule has 1 fully saturated rings. The zero-order valence-corrected chi connectivity index (χ0v) is 43.3. The number of pyridine rings is 2. The summed E-state index contributed by atoms with van der Waals surface area (Å²) in [6.45, 7) is 27.2. The van der Waals surface area contributed by atoms with Crippen LogP contribution in [-0.4, -0.2) is 46.0 Å². The average Bonchev–Trinajstić information content (AvgIpc) is 3.91. The quantitative estimate of drug-likeness (QED) is 0.101. The van der Waals surface area contributed by atoms with Gasteiger partial charge in [-0.15, -0.1) is 0 Å². The molecule has 0 bridgehead atoms. The Morgan fingerprint density at radius 2 is 0.746 bits per heavy atom. The van der Waals surface area contributed by atoms with Crippen molar-refractivity contribution in [3.63, 3.8) is 0 Å². The van der Waals surface area contributed by atoms with E-state index in [4.69, 9.17) is 54.9 Å². The Morgan fingerprint density at radius 1 is 0.463 bits per heavy atom. The number of aryl methyl sites for hydroxylation is 4. The molecule has 0 amide bonds. The van der Waals surface area contributed by atoms with E-state index in [1.807, 2.05) is 76.2 Å². The Labute approximate surface area is 417 Å². The third kappa shape index (κ3) is 17.5. The minimum absolute atomic E-state index is 0. The van der Waals surface area contributed by atoms with Gasteiger partial charge in [-0.05, 0) is 150 Å². The van der Waals surface area contributed by atoms with Gasteiger partial charge in [0.1, 0.15) is 0 Å². The number of rotatable bonds is 10. The standard InChI is InChI=1S/2C26H29N3.C4H8O.CH4.2ClH.Fe/c2*1-17(2)22-13-7-8-14-25(22)27-20(5)23-15-10-16-24(29-23)21(6)28-26-18(3)11-9-12-19(26)4;1-2-4-5-3-1;;;;/h2*7-17H,1-6H3;1-4H2;1H4;2*1H;/q;;;;;;+2/p-2. The molecule has 0 spiro atoms. The van der Waals surface area contributed by atoms with Crippen molar-refractivity contribution in [1.82, 2.24) is 9.97 Å². The van der Waals surface area contributed by atoms with Crippen LogP contribution in [-0.2, 0) is 17.9 Å². The summed E-state index contributed by atoms with van der Waals surface area (Å²) in [5.74, 6) is 0.850. The molecule has 0 saturated carbocycles. The first kappa shape index (κ1) is 56.2. The maximum atomic E-state index is 4.94. The number of benzene rings is 4. The second kappa shape index (κ2) is 29.0. The molecule has 67 heavy (non-hydrogen) atoms. The van der Waals surface area contributed by atoms with Crippen LogP contribution in [0.1, 0.15) is 144 Å². The van der Waals surface area contributed by atoms with Crippen LogP contribution in [0.15, 0.2) is 141 Å². The van der Waals surface area contributed by atoms with Crippen molar-refractivity contribution in [3.8, 4) is 0 Å². The molecular weight excluding hydrogens is 911 g/mol. The first-order valence-electron chi connectivity index (χ1n) is 22.5. The predicted octanol–water partition coefficient (Wildman–Crippen LogP) is 17.0. The first-order chi connectivity index (χ1) is 31.6. The molecule has 6 aromatic rings. The Balaban J connectivity index is 0.000000301. The monoisotopic (exact) mass is 980 g/mol. The third-order valence-corrected chi connectivity index (χ3v) is 10.9. The van der Waals surface area contributed by atoms with Crippen LogP contribution in [0.5, 0.6) is 0 Å². The third-order valence-electron chi connectivity index (χ3n) is 10.9. The molecule has 0 radical (unpaired) electrons. The fraction of sp³-hybridized carbons (Fsp3) is 0.333. The second-order valence-corrected chi connectivity index (χ2v) is 18.7. The maximum absolute atomic E-state index is 4.94. The number of ether oxygens (including phenoxy) is 1. The van der Waals surface area contributed by atoms with E-state index in [1.54, 1.807) is 0 Å². The van der Waals surface area contributed by atoms with Crippen molar-refractivity contribution in [2.24, 2.45) is 20.0 Å². The van der Waals surface area contributed by atoms with E-state index in [9.17, 15) is 0 Å². The van der Waals surface area contributed by atoms with Crippen LogP contribution in [0.25, 0.3) is 0 Å². The Morgan fingerprint density at radius 3 is 1.03 bits per heavy atom. The molecule has 2 aromatic heterocycles. The molecule has 0 atom stereocenters. The summed E-state index contributed by atoms with van der Waals surface area (Å²) in [7, 11) is 9.53. The van der Waals surface area contributed by atoms with Gasteiger partial charge in [-0.1, -0.05) is 120 Å². The second-order valence-electron chi connectivity index (χ2n) is 16.9. The number of hydrogen-bond donors (Lipinski definition) is 0.